The lowest BCUT2D eigenvalue weighted by atomic mass is 10.2. The molecule has 1 aliphatic heterocycles. The maximum absolute atomic E-state index is 12.1. The van der Waals surface area contributed by atoms with Crippen LogP contribution in [-0.2, 0) is 9.53 Å². The third-order valence-electron chi connectivity index (χ3n) is 3.11. The van der Waals surface area contributed by atoms with E-state index in [4.69, 9.17) is 15.2 Å². The van der Waals surface area contributed by atoms with E-state index in [0.717, 1.165) is 6.42 Å². The second-order valence-corrected chi connectivity index (χ2v) is 4.48. The quantitative estimate of drug-likeness (QED) is 0.846. The molecule has 0 radical (unpaired) electrons. The number of para-hydroxylation sites is 2. The van der Waals surface area contributed by atoms with Crippen molar-refractivity contribution in [3.05, 3.63) is 24.3 Å². The van der Waals surface area contributed by atoms with Crippen LogP contribution in [0.3, 0.4) is 0 Å². The third kappa shape index (κ3) is 3.45. The van der Waals surface area contributed by atoms with Gasteiger partial charge in [-0.2, -0.15) is 0 Å². The van der Waals surface area contributed by atoms with Crippen molar-refractivity contribution < 1.29 is 14.3 Å². The molecule has 1 aromatic carbocycles. The summed E-state index contributed by atoms with van der Waals surface area (Å²) in [7, 11) is 0. The Kier molecular flexibility index (Phi) is 4.76. The van der Waals surface area contributed by atoms with Crippen LogP contribution in [0.5, 0.6) is 5.75 Å². The molecule has 1 aliphatic rings. The normalized spacial score (nSPS) is 22.2. The zero-order valence-corrected chi connectivity index (χ0v) is 11.1. The Labute approximate surface area is 113 Å². The molecule has 5 heteroatoms. The van der Waals surface area contributed by atoms with E-state index in [0.29, 0.717) is 31.0 Å². The minimum absolute atomic E-state index is 0.00196. The third-order valence-corrected chi connectivity index (χ3v) is 3.11. The predicted octanol–water partition coefficient (Wildman–Crippen LogP) is 1.53. The molecule has 1 amide bonds. The van der Waals surface area contributed by atoms with Gasteiger partial charge in [0.2, 0.25) is 0 Å². The highest BCUT2D eigenvalue weighted by molar-refractivity contribution is 5.95. The standard InChI is InChI=1S/C14H20N2O3/c1-2-18-12-6-4-3-5-11(12)16-14(17)13-8-7-10(9-15)19-13/h3-6,10,13H,2,7-9,15H2,1H3,(H,16,17). The molecule has 0 spiro atoms. The van der Waals surface area contributed by atoms with Crippen LogP contribution < -0.4 is 15.8 Å². The number of carbonyl (C=O) groups is 1. The summed E-state index contributed by atoms with van der Waals surface area (Å²) in [5.41, 5.74) is 6.21. The Balaban J connectivity index is 1.99. The number of hydrogen-bond donors (Lipinski definition) is 2. The molecule has 5 nitrogen and oxygen atoms in total. The van der Waals surface area contributed by atoms with Crippen molar-refractivity contribution in [2.24, 2.45) is 5.73 Å². The highest BCUT2D eigenvalue weighted by Crippen LogP contribution is 2.26. The number of amides is 1. The van der Waals surface area contributed by atoms with Crippen molar-refractivity contribution in [2.75, 3.05) is 18.5 Å². The lowest BCUT2D eigenvalue weighted by Gasteiger charge is -2.15. The zero-order valence-electron chi connectivity index (χ0n) is 11.1. The number of rotatable bonds is 5. The van der Waals surface area contributed by atoms with Crippen LogP contribution in [0.1, 0.15) is 19.8 Å². The first-order valence-corrected chi connectivity index (χ1v) is 6.62. The second kappa shape index (κ2) is 6.54. The van der Waals surface area contributed by atoms with Gasteiger partial charge in [0.25, 0.3) is 5.91 Å². The molecule has 2 atom stereocenters. The minimum Gasteiger partial charge on any atom is -0.492 e. The van der Waals surface area contributed by atoms with Gasteiger partial charge in [0.15, 0.2) is 0 Å². The molecule has 1 saturated heterocycles. The summed E-state index contributed by atoms with van der Waals surface area (Å²) >= 11 is 0. The van der Waals surface area contributed by atoms with Crippen LogP contribution in [0.2, 0.25) is 0 Å². The first kappa shape index (κ1) is 13.8. The first-order chi connectivity index (χ1) is 9.24. The van der Waals surface area contributed by atoms with E-state index in [2.05, 4.69) is 5.32 Å². The van der Waals surface area contributed by atoms with Gasteiger partial charge in [-0.25, -0.2) is 0 Å². The Bertz CT molecular complexity index is 436. The Morgan fingerprint density at radius 1 is 1.47 bits per heavy atom. The largest absolute Gasteiger partial charge is 0.492 e. The summed E-state index contributed by atoms with van der Waals surface area (Å²) in [6.07, 6.45) is 1.13. The molecule has 3 N–H and O–H groups in total. The number of benzene rings is 1. The Hall–Kier alpha value is -1.59. The fourth-order valence-corrected chi connectivity index (χ4v) is 2.14. The van der Waals surface area contributed by atoms with E-state index < -0.39 is 6.10 Å². The molecular weight excluding hydrogens is 244 g/mol. The van der Waals surface area contributed by atoms with Gasteiger partial charge in [-0.3, -0.25) is 4.79 Å². The fraction of sp³-hybridized carbons (Fsp3) is 0.500. The van der Waals surface area contributed by atoms with Crippen molar-refractivity contribution in [1.82, 2.24) is 0 Å². The molecule has 0 aromatic heterocycles. The molecule has 0 aliphatic carbocycles. The average Bonchev–Trinajstić information content (AvgIpc) is 2.90. The van der Waals surface area contributed by atoms with Crippen LogP contribution in [0.15, 0.2) is 24.3 Å². The molecule has 2 unspecified atom stereocenters. The van der Waals surface area contributed by atoms with Gasteiger partial charge in [-0.15, -0.1) is 0 Å². The summed E-state index contributed by atoms with van der Waals surface area (Å²) < 4.78 is 11.0. The van der Waals surface area contributed by atoms with Gasteiger partial charge in [-0.1, -0.05) is 12.1 Å². The van der Waals surface area contributed by atoms with Gasteiger partial charge in [0.1, 0.15) is 11.9 Å². The average molecular weight is 264 g/mol. The van der Waals surface area contributed by atoms with E-state index in [1.165, 1.54) is 0 Å². The molecule has 0 bridgehead atoms. The van der Waals surface area contributed by atoms with Crippen LogP contribution in [-0.4, -0.2) is 31.3 Å². The van der Waals surface area contributed by atoms with E-state index in [-0.39, 0.29) is 12.0 Å². The lowest BCUT2D eigenvalue weighted by molar-refractivity contribution is -0.126. The summed E-state index contributed by atoms with van der Waals surface area (Å²) in [6, 6.07) is 7.38. The summed E-state index contributed by atoms with van der Waals surface area (Å²) in [6.45, 7) is 2.92. The van der Waals surface area contributed by atoms with Crippen molar-refractivity contribution in [2.45, 2.75) is 32.0 Å². The summed E-state index contributed by atoms with van der Waals surface area (Å²) in [5.74, 6) is 0.537. The predicted molar refractivity (Wildman–Crippen MR) is 73.2 cm³/mol. The fourth-order valence-electron chi connectivity index (χ4n) is 2.14. The Morgan fingerprint density at radius 2 is 2.26 bits per heavy atom. The second-order valence-electron chi connectivity index (χ2n) is 4.48. The number of carbonyl (C=O) groups excluding carboxylic acids is 1. The highest BCUT2D eigenvalue weighted by Gasteiger charge is 2.30. The van der Waals surface area contributed by atoms with Crippen LogP contribution >= 0.6 is 0 Å². The molecule has 1 aromatic rings. The van der Waals surface area contributed by atoms with Crippen molar-refractivity contribution in [3.63, 3.8) is 0 Å². The van der Waals surface area contributed by atoms with Crippen LogP contribution in [0.4, 0.5) is 5.69 Å². The molecule has 2 rings (SSSR count). The number of nitrogens with one attached hydrogen (secondary N) is 1. The maximum Gasteiger partial charge on any atom is 0.253 e. The number of anilines is 1. The number of ether oxygens (including phenoxy) is 2. The molecule has 19 heavy (non-hydrogen) atoms. The highest BCUT2D eigenvalue weighted by atomic mass is 16.5. The van der Waals surface area contributed by atoms with Crippen molar-refractivity contribution in [3.8, 4) is 5.75 Å². The van der Waals surface area contributed by atoms with Crippen molar-refractivity contribution >= 4 is 11.6 Å². The van der Waals surface area contributed by atoms with Gasteiger partial charge >= 0.3 is 0 Å². The monoisotopic (exact) mass is 264 g/mol. The molecule has 0 saturated carbocycles. The van der Waals surface area contributed by atoms with Crippen molar-refractivity contribution in [1.29, 1.82) is 0 Å². The van der Waals surface area contributed by atoms with Gasteiger partial charge in [-0.05, 0) is 31.9 Å². The zero-order chi connectivity index (χ0) is 13.7. The SMILES string of the molecule is CCOc1ccccc1NC(=O)C1CCC(CN)O1. The molecular formula is C14H20N2O3. The van der Waals surface area contributed by atoms with E-state index in [1.54, 1.807) is 0 Å². The minimum atomic E-state index is -0.414. The number of nitrogens with two attached hydrogens (primary N) is 1. The van der Waals surface area contributed by atoms with E-state index in [9.17, 15) is 4.79 Å². The van der Waals surface area contributed by atoms with E-state index in [1.807, 2.05) is 31.2 Å². The topological polar surface area (TPSA) is 73.6 Å². The van der Waals surface area contributed by atoms with Gasteiger partial charge < -0.3 is 20.5 Å². The van der Waals surface area contributed by atoms with Crippen LogP contribution in [0.25, 0.3) is 0 Å². The smallest absolute Gasteiger partial charge is 0.253 e. The van der Waals surface area contributed by atoms with Crippen LogP contribution in [0, 0.1) is 0 Å². The molecule has 1 heterocycles. The summed E-state index contributed by atoms with van der Waals surface area (Å²) in [4.78, 5) is 12.1. The number of hydrogen-bond acceptors (Lipinski definition) is 4. The van der Waals surface area contributed by atoms with Gasteiger partial charge in [0, 0.05) is 6.54 Å². The maximum atomic E-state index is 12.1. The lowest BCUT2D eigenvalue weighted by Crippen LogP contribution is -2.29. The summed E-state index contributed by atoms with van der Waals surface area (Å²) in [5, 5.41) is 2.85. The van der Waals surface area contributed by atoms with E-state index >= 15 is 0 Å². The first-order valence-electron chi connectivity index (χ1n) is 6.62. The molecule has 1 fully saturated rings. The van der Waals surface area contributed by atoms with Gasteiger partial charge in [0.05, 0.1) is 18.4 Å². The Morgan fingerprint density at radius 3 is 2.95 bits per heavy atom. The molecule has 104 valence electrons.